The maximum absolute atomic E-state index is 12.1. The second-order valence-electron chi connectivity index (χ2n) is 6.63. The Hall–Kier alpha value is -1.99. The first kappa shape index (κ1) is 18.8. The van der Waals surface area contributed by atoms with Crippen molar-refractivity contribution in [3.05, 3.63) is 34.3 Å². The lowest BCUT2D eigenvalue weighted by Crippen LogP contribution is -2.15. The number of anilines is 1. The minimum atomic E-state index is -0.231. The third-order valence-corrected chi connectivity index (χ3v) is 5.61. The number of nitrogens with one attached hydrogen (secondary N) is 1. The van der Waals surface area contributed by atoms with Gasteiger partial charge in [0.05, 0.1) is 6.10 Å². The Kier molecular flexibility index (Phi) is 6.21. The second-order valence-corrected chi connectivity index (χ2v) is 7.63. The summed E-state index contributed by atoms with van der Waals surface area (Å²) >= 11 is 1.35. The molecular weight excluding hydrogens is 350 g/mol. The molecule has 0 saturated carbocycles. The predicted molar refractivity (Wildman–Crippen MR) is 102 cm³/mol. The summed E-state index contributed by atoms with van der Waals surface area (Å²) in [6.07, 6.45) is 3.31. The van der Waals surface area contributed by atoms with Crippen molar-refractivity contribution >= 4 is 22.4 Å². The number of hydrogen-bond acceptors (Lipinski definition) is 6. The molecule has 7 heteroatoms. The number of aryl methyl sites for hydroxylation is 1. The Bertz CT molecular complexity index is 756. The number of ether oxygens (including phenoxy) is 2. The number of aromatic nitrogens is 2. The lowest BCUT2D eigenvalue weighted by Gasteiger charge is -2.15. The van der Waals surface area contributed by atoms with Gasteiger partial charge in [-0.3, -0.25) is 4.79 Å². The normalized spacial score (nSPS) is 17.9. The number of nitrogens with zero attached hydrogens (tertiary/aromatic N) is 2. The molecule has 0 bridgehead atoms. The number of hydrogen-bond donors (Lipinski definition) is 1. The van der Waals surface area contributed by atoms with Crippen LogP contribution in [0.15, 0.2) is 18.2 Å². The van der Waals surface area contributed by atoms with E-state index < -0.39 is 0 Å². The van der Waals surface area contributed by atoms with Crippen molar-refractivity contribution in [1.82, 2.24) is 10.2 Å². The lowest BCUT2D eigenvalue weighted by atomic mass is 10.1. The molecule has 1 aromatic heterocycles. The number of carbonyl (C=O) groups excluding carboxylic acids is 1. The molecule has 2 aromatic rings. The molecule has 26 heavy (non-hydrogen) atoms. The molecule has 0 radical (unpaired) electrons. The van der Waals surface area contributed by atoms with Crippen LogP contribution in [0.3, 0.4) is 0 Å². The molecule has 2 atom stereocenters. The highest BCUT2D eigenvalue weighted by Crippen LogP contribution is 2.29. The molecular formula is C19H25N3O3S. The number of amides is 1. The topological polar surface area (TPSA) is 73.3 Å². The molecule has 0 unspecified atom stereocenters. The van der Waals surface area contributed by atoms with Gasteiger partial charge in [0.1, 0.15) is 11.9 Å². The van der Waals surface area contributed by atoms with E-state index in [9.17, 15) is 4.79 Å². The van der Waals surface area contributed by atoms with Gasteiger partial charge in [0.2, 0.25) is 11.0 Å². The van der Waals surface area contributed by atoms with Crippen molar-refractivity contribution in [2.45, 2.75) is 58.7 Å². The number of rotatable bonds is 7. The highest BCUT2D eigenvalue weighted by molar-refractivity contribution is 7.15. The number of carbonyl (C=O) groups is 1. The first-order valence-corrected chi connectivity index (χ1v) is 9.82. The standard InChI is InChI=1S/C19H25N3O3S/c1-12-6-4-8-16(13(12)2)25-14(3)18-21-22-19(26-18)20-17(23)10-9-15-7-5-11-24-15/h4,6,8,14-15H,5,7,9-11H2,1-3H3,(H,20,22,23)/t14-,15-/m0/s1. The summed E-state index contributed by atoms with van der Waals surface area (Å²) in [5.74, 6) is 0.793. The highest BCUT2D eigenvalue weighted by Gasteiger charge is 2.19. The van der Waals surface area contributed by atoms with Crippen LogP contribution in [0.1, 0.15) is 54.8 Å². The van der Waals surface area contributed by atoms with Gasteiger partial charge in [-0.05, 0) is 57.2 Å². The van der Waals surface area contributed by atoms with E-state index in [4.69, 9.17) is 9.47 Å². The van der Waals surface area contributed by atoms with E-state index in [-0.39, 0.29) is 18.1 Å². The minimum Gasteiger partial charge on any atom is -0.483 e. The lowest BCUT2D eigenvalue weighted by molar-refractivity contribution is -0.116. The molecule has 1 fully saturated rings. The van der Waals surface area contributed by atoms with Gasteiger partial charge in [0.25, 0.3) is 0 Å². The molecule has 1 saturated heterocycles. The van der Waals surface area contributed by atoms with Crippen LogP contribution in [0, 0.1) is 13.8 Å². The molecule has 140 valence electrons. The van der Waals surface area contributed by atoms with Crippen LogP contribution in [0.25, 0.3) is 0 Å². The molecule has 1 aliphatic heterocycles. The largest absolute Gasteiger partial charge is 0.483 e. The summed E-state index contributed by atoms with van der Waals surface area (Å²) in [5, 5.41) is 12.3. The van der Waals surface area contributed by atoms with E-state index in [1.54, 1.807) is 0 Å². The Morgan fingerprint density at radius 2 is 2.27 bits per heavy atom. The monoisotopic (exact) mass is 375 g/mol. The van der Waals surface area contributed by atoms with E-state index in [2.05, 4.69) is 28.5 Å². The van der Waals surface area contributed by atoms with E-state index in [0.29, 0.717) is 11.6 Å². The van der Waals surface area contributed by atoms with Crippen molar-refractivity contribution in [3.63, 3.8) is 0 Å². The van der Waals surface area contributed by atoms with Gasteiger partial charge in [-0.25, -0.2) is 0 Å². The van der Waals surface area contributed by atoms with Crippen LogP contribution < -0.4 is 10.1 Å². The van der Waals surface area contributed by atoms with Crippen LogP contribution >= 0.6 is 11.3 Å². The van der Waals surface area contributed by atoms with Crippen molar-refractivity contribution in [1.29, 1.82) is 0 Å². The molecule has 6 nitrogen and oxygen atoms in total. The van der Waals surface area contributed by atoms with Gasteiger partial charge in [-0.1, -0.05) is 23.5 Å². The van der Waals surface area contributed by atoms with Crippen LogP contribution in [0.2, 0.25) is 0 Å². The Morgan fingerprint density at radius 1 is 1.42 bits per heavy atom. The Balaban J connectivity index is 1.53. The third-order valence-electron chi connectivity index (χ3n) is 4.61. The third kappa shape index (κ3) is 4.80. The average molecular weight is 375 g/mol. The zero-order chi connectivity index (χ0) is 18.5. The maximum Gasteiger partial charge on any atom is 0.226 e. The van der Waals surface area contributed by atoms with Gasteiger partial charge in [-0.15, -0.1) is 10.2 Å². The zero-order valence-corrected chi connectivity index (χ0v) is 16.3. The predicted octanol–water partition coefficient (Wildman–Crippen LogP) is 4.19. The van der Waals surface area contributed by atoms with Crippen molar-refractivity contribution in [3.8, 4) is 5.75 Å². The van der Waals surface area contributed by atoms with Crippen molar-refractivity contribution in [2.24, 2.45) is 0 Å². The van der Waals surface area contributed by atoms with Crippen molar-refractivity contribution < 1.29 is 14.3 Å². The Morgan fingerprint density at radius 3 is 3.04 bits per heavy atom. The van der Waals surface area contributed by atoms with Gasteiger partial charge in [0, 0.05) is 13.0 Å². The maximum atomic E-state index is 12.1. The summed E-state index contributed by atoms with van der Waals surface area (Å²) in [7, 11) is 0. The molecule has 3 rings (SSSR count). The highest BCUT2D eigenvalue weighted by atomic mass is 32.1. The second kappa shape index (κ2) is 8.60. The fourth-order valence-electron chi connectivity index (χ4n) is 2.89. The average Bonchev–Trinajstić information content (AvgIpc) is 3.29. The molecule has 2 heterocycles. The van der Waals surface area contributed by atoms with E-state index >= 15 is 0 Å². The molecule has 0 spiro atoms. The van der Waals surface area contributed by atoms with Crippen LogP contribution in [0.5, 0.6) is 5.75 Å². The smallest absolute Gasteiger partial charge is 0.226 e. The summed E-state index contributed by atoms with van der Waals surface area (Å²) in [4.78, 5) is 12.1. The first-order valence-electron chi connectivity index (χ1n) is 9.00. The molecule has 1 N–H and O–H groups in total. The van der Waals surface area contributed by atoms with Crippen LogP contribution in [-0.2, 0) is 9.53 Å². The minimum absolute atomic E-state index is 0.0497. The molecule has 1 aliphatic rings. The van der Waals surface area contributed by atoms with E-state index in [1.165, 1.54) is 16.9 Å². The van der Waals surface area contributed by atoms with Gasteiger partial charge in [0.15, 0.2) is 5.01 Å². The summed E-state index contributed by atoms with van der Waals surface area (Å²) in [6.45, 7) is 6.84. The quantitative estimate of drug-likeness (QED) is 0.785. The first-order chi connectivity index (χ1) is 12.5. The fourth-order valence-corrected chi connectivity index (χ4v) is 3.63. The summed E-state index contributed by atoms with van der Waals surface area (Å²) in [6, 6.07) is 5.99. The SMILES string of the molecule is Cc1cccc(O[C@@H](C)c2nnc(NC(=O)CC[C@@H]3CCCO3)s2)c1C. The van der Waals surface area contributed by atoms with Gasteiger partial charge >= 0.3 is 0 Å². The zero-order valence-electron chi connectivity index (χ0n) is 15.4. The molecule has 1 aromatic carbocycles. The summed E-state index contributed by atoms with van der Waals surface area (Å²) < 4.78 is 11.6. The molecule has 0 aliphatic carbocycles. The molecule has 1 amide bonds. The number of benzene rings is 1. The Labute approximate surface area is 157 Å². The van der Waals surface area contributed by atoms with Crippen LogP contribution in [-0.4, -0.2) is 28.8 Å². The fraction of sp³-hybridized carbons (Fsp3) is 0.526. The summed E-state index contributed by atoms with van der Waals surface area (Å²) in [5.41, 5.74) is 2.30. The van der Waals surface area contributed by atoms with Gasteiger partial charge in [-0.2, -0.15) is 0 Å². The van der Waals surface area contributed by atoms with Crippen LogP contribution in [0.4, 0.5) is 5.13 Å². The van der Waals surface area contributed by atoms with E-state index in [0.717, 1.165) is 42.2 Å². The van der Waals surface area contributed by atoms with Gasteiger partial charge < -0.3 is 14.8 Å². The van der Waals surface area contributed by atoms with Crippen molar-refractivity contribution in [2.75, 3.05) is 11.9 Å². The van der Waals surface area contributed by atoms with E-state index in [1.807, 2.05) is 26.0 Å².